The Labute approximate surface area is 227 Å². The minimum absolute atomic E-state index is 0.646. The normalized spacial score (nSPS) is 17.6. The number of aromatic nitrogens is 5. The number of pyridine rings is 3. The van der Waals surface area contributed by atoms with Gasteiger partial charge in [-0.2, -0.15) is 9.13 Å². The minimum Gasteiger partial charge on any atom is -0.456 e. The van der Waals surface area contributed by atoms with Crippen molar-refractivity contribution in [2.75, 3.05) is 0 Å². The fourth-order valence-corrected chi connectivity index (χ4v) is 8.16. The molecule has 0 saturated heterocycles. The van der Waals surface area contributed by atoms with E-state index in [1.165, 1.54) is 49.5 Å². The average molecular weight is 516 g/mol. The van der Waals surface area contributed by atoms with E-state index in [1.807, 2.05) is 0 Å². The first-order valence-electron chi connectivity index (χ1n) is 13.8. The quantitative estimate of drug-likeness (QED) is 0.185. The van der Waals surface area contributed by atoms with Crippen LogP contribution in [0, 0.1) is 13.8 Å². The molecule has 6 nitrogen and oxygen atoms in total. The molecular weight excluding hydrogens is 494 g/mol. The number of hydrogen-bond acceptors (Lipinski definition) is 2. The van der Waals surface area contributed by atoms with Gasteiger partial charge in [0.05, 0.1) is 17.3 Å². The topological polar surface area (TPSA) is 39.2 Å². The Balaban J connectivity index is 1.49. The second-order valence-corrected chi connectivity index (χ2v) is 11.3. The summed E-state index contributed by atoms with van der Waals surface area (Å²) >= 11 is 0. The van der Waals surface area contributed by atoms with Crippen LogP contribution in [0.2, 0.25) is 0 Å². The van der Waals surface area contributed by atoms with Crippen LogP contribution in [-0.4, -0.2) is 14.0 Å². The fraction of sp³-hybridized carbons (Fsp3) is 0.0882. The molecule has 0 fully saturated rings. The van der Waals surface area contributed by atoms with Crippen molar-refractivity contribution in [2.45, 2.75) is 19.5 Å². The second-order valence-electron chi connectivity index (χ2n) is 11.3. The molecule has 0 N–H and O–H groups in total. The van der Waals surface area contributed by atoms with Crippen molar-refractivity contribution in [2.24, 2.45) is 0 Å². The number of benzene rings is 3. The molecule has 11 rings (SSSR count). The molecule has 186 valence electrons. The summed E-state index contributed by atoms with van der Waals surface area (Å²) in [6.45, 7) is 4.27. The highest BCUT2D eigenvalue weighted by atomic mass is 16.5. The van der Waals surface area contributed by atoms with E-state index in [0.717, 1.165) is 39.6 Å². The predicted octanol–water partition coefficient (Wildman–Crippen LogP) is 5.96. The smallest absolute Gasteiger partial charge is 0.374 e. The SMILES string of the molecule is Cc1nc2c3ccc4c5c3c3c(ccc[n+]3C53c5c(ccc6c7ccccc7n(c56)-c5cccc[n+]53)O4)n2c1C. The summed E-state index contributed by atoms with van der Waals surface area (Å²) in [5.41, 5.74) is 9.75. The van der Waals surface area contributed by atoms with Crippen LogP contribution in [0.1, 0.15) is 22.5 Å². The number of nitrogens with zero attached hydrogens (tertiary/aromatic N) is 5. The third kappa shape index (κ3) is 1.77. The molecule has 6 heteroatoms. The van der Waals surface area contributed by atoms with Crippen LogP contribution in [0.25, 0.3) is 55.1 Å². The molecule has 0 radical (unpaired) electrons. The molecule has 1 atom stereocenters. The summed E-state index contributed by atoms with van der Waals surface area (Å²) < 4.78 is 16.6. The molecule has 3 aromatic carbocycles. The van der Waals surface area contributed by atoms with Gasteiger partial charge in [-0.25, -0.2) is 4.98 Å². The molecule has 1 spiro atoms. The van der Waals surface area contributed by atoms with Crippen molar-refractivity contribution < 1.29 is 13.9 Å². The first kappa shape index (κ1) is 19.8. The first-order chi connectivity index (χ1) is 19.7. The van der Waals surface area contributed by atoms with Gasteiger partial charge in [0.25, 0.3) is 5.82 Å². The van der Waals surface area contributed by atoms with Gasteiger partial charge in [0.15, 0.2) is 17.3 Å². The number of hydrogen-bond donors (Lipinski definition) is 0. The lowest BCUT2D eigenvalue weighted by molar-refractivity contribution is -0.956. The monoisotopic (exact) mass is 515 g/mol. The molecule has 0 saturated carbocycles. The minimum atomic E-state index is -0.646. The predicted molar refractivity (Wildman–Crippen MR) is 152 cm³/mol. The zero-order chi connectivity index (χ0) is 26.1. The van der Waals surface area contributed by atoms with Gasteiger partial charge < -0.3 is 4.74 Å². The Kier molecular flexibility index (Phi) is 2.97. The van der Waals surface area contributed by atoms with E-state index in [0.29, 0.717) is 0 Å². The fourth-order valence-electron chi connectivity index (χ4n) is 8.16. The Morgan fingerprint density at radius 1 is 0.725 bits per heavy atom. The van der Waals surface area contributed by atoms with Gasteiger partial charge >= 0.3 is 5.66 Å². The summed E-state index contributed by atoms with van der Waals surface area (Å²) in [6.07, 6.45) is 4.49. The van der Waals surface area contributed by atoms with Crippen molar-refractivity contribution in [3.05, 3.63) is 114 Å². The number of para-hydroxylation sites is 1. The molecule has 40 heavy (non-hydrogen) atoms. The van der Waals surface area contributed by atoms with Gasteiger partial charge in [-0.05, 0) is 62.4 Å². The molecule has 0 amide bonds. The van der Waals surface area contributed by atoms with Gasteiger partial charge in [-0.15, -0.1) is 4.57 Å². The zero-order valence-electron chi connectivity index (χ0n) is 21.8. The maximum absolute atomic E-state index is 6.84. The van der Waals surface area contributed by atoms with Crippen molar-refractivity contribution in [1.82, 2.24) is 14.0 Å². The number of ether oxygens (including phenoxy) is 1. The highest BCUT2D eigenvalue weighted by molar-refractivity contribution is 6.15. The number of imidazole rings is 1. The maximum Gasteiger partial charge on any atom is 0.374 e. The van der Waals surface area contributed by atoms with Crippen molar-refractivity contribution in [1.29, 1.82) is 0 Å². The summed E-state index contributed by atoms with van der Waals surface area (Å²) in [7, 11) is 0. The van der Waals surface area contributed by atoms with Crippen molar-refractivity contribution in [3.8, 4) is 17.3 Å². The first-order valence-corrected chi connectivity index (χ1v) is 13.8. The highest BCUT2D eigenvalue weighted by Gasteiger charge is 2.66. The average Bonchev–Trinajstić information content (AvgIpc) is 3.61. The molecule has 5 aromatic heterocycles. The second kappa shape index (κ2) is 6.00. The number of fused-ring (bicyclic) bond motifs is 8. The summed E-state index contributed by atoms with van der Waals surface area (Å²) in [5.74, 6) is 2.94. The highest BCUT2D eigenvalue weighted by Crippen LogP contribution is 2.56. The molecular formula is C34H21N5O+2. The van der Waals surface area contributed by atoms with E-state index in [9.17, 15) is 0 Å². The standard InChI is InChI=1S/C34H21N5O/c1-18-19(2)38-24-10-7-17-37-32(24)28-22(33(38)35-18)13-15-25-29(28)34(37)30-26(40-25)14-12-21-20-8-3-4-9-23(20)39(31(21)30)27-11-5-6-16-36(27)34/h3-17H,1-2H3/q+2. The summed E-state index contributed by atoms with van der Waals surface area (Å²) in [4.78, 5) is 5.08. The van der Waals surface area contributed by atoms with Crippen LogP contribution in [0.4, 0.5) is 0 Å². The molecule has 8 heterocycles. The molecule has 0 bridgehead atoms. The van der Waals surface area contributed by atoms with Gasteiger partial charge in [-0.1, -0.05) is 18.2 Å². The molecule has 0 aliphatic carbocycles. The number of rotatable bonds is 0. The number of aryl methyl sites for hydroxylation is 2. The Bertz CT molecular complexity index is 2550. The van der Waals surface area contributed by atoms with Crippen LogP contribution < -0.4 is 13.9 Å². The Hall–Kier alpha value is -5.23. The van der Waals surface area contributed by atoms with Gasteiger partial charge in [0, 0.05) is 34.0 Å². The summed E-state index contributed by atoms with van der Waals surface area (Å²) in [5, 5.41) is 4.87. The zero-order valence-corrected chi connectivity index (χ0v) is 21.8. The third-order valence-electron chi connectivity index (χ3n) is 9.68. The van der Waals surface area contributed by atoms with Crippen LogP contribution in [-0.2, 0) is 5.66 Å². The summed E-state index contributed by atoms with van der Waals surface area (Å²) in [6, 6.07) is 28.4. The van der Waals surface area contributed by atoms with Crippen LogP contribution in [0.3, 0.4) is 0 Å². The van der Waals surface area contributed by atoms with Gasteiger partial charge in [0.1, 0.15) is 33.7 Å². The maximum atomic E-state index is 6.84. The van der Waals surface area contributed by atoms with E-state index in [-0.39, 0.29) is 0 Å². The van der Waals surface area contributed by atoms with E-state index in [1.54, 1.807) is 0 Å². The van der Waals surface area contributed by atoms with Crippen LogP contribution in [0.5, 0.6) is 11.5 Å². The lowest BCUT2D eigenvalue weighted by atomic mass is 9.84. The lowest BCUT2D eigenvalue weighted by Gasteiger charge is -2.34. The third-order valence-corrected chi connectivity index (χ3v) is 9.68. The van der Waals surface area contributed by atoms with E-state index >= 15 is 0 Å². The molecule has 3 aliphatic heterocycles. The van der Waals surface area contributed by atoms with E-state index < -0.39 is 5.66 Å². The molecule has 1 unspecified atom stereocenters. The largest absolute Gasteiger partial charge is 0.456 e. The van der Waals surface area contributed by atoms with Gasteiger partial charge in [-0.3, -0.25) is 4.40 Å². The molecule has 3 aliphatic rings. The van der Waals surface area contributed by atoms with Crippen molar-refractivity contribution >= 4 is 49.3 Å². The Morgan fingerprint density at radius 2 is 1.50 bits per heavy atom. The lowest BCUT2D eigenvalue weighted by Crippen LogP contribution is -2.75. The van der Waals surface area contributed by atoms with E-state index in [2.05, 4.69) is 123 Å². The Morgan fingerprint density at radius 3 is 2.42 bits per heavy atom. The van der Waals surface area contributed by atoms with Gasteiger partial charge in [0.2, 0.25) is 5.52 Å². The van der Waals surface area contributed by atoms with E-state index in [4.69, 9.17) is 9.72 Å². The van der Waals surface area contributed by atoms with Crippen LogP contribution >= 0.6 is 0 Å². The molecule has 8 aromatic rings. The van der Waals surface area contributed by atoms with Crippen LogP contribution in [0.15, 0.2) is 91.3 Å². The van der Waals surface area contributed by atoms with Crippen molar-refractivity contribution in [3.63, 3.8) is 0 Å².